The van der Waals surface area contributed by atoms with Gasteiger partial charge in [0.05, 0.1) is 6.20 Å². The van der Waals surface area contributed by atoms with Crippen LogP contribution in [0.5, 0.6) is 0 Å². The summed E-state index contributed by atoms with van der Waals surface area (Å²) in [6.07, 6.45) is 1.40. The Morgan fingerprint density at radius 2 is 1.70 bits per heavy atom. The normalized spacial score (nSPS) is 10.3. The highest BCUT2D eigenvalue weighted by Gasteiger charge is 2.19. The average molecular weight is 321 g/mol. The number of nitrogens with one attached hydrogen (secondary N) is 1. The maximum Gasteiger partial charge on any atom is 0.261 e. The number of hydrogen-bond acceptors (Lipinski definition) is 5. The second-order valence-corrected chi connectivity index (χ2v) is 5.25. The fourth-order valence-electron chi connectivity index (χ4n) is 1.91. The van der Waals surface area contributed by atoms with Crippen LogP contribution in [0.3, 0.4) is 0 Å². The predicted molar refractivity (Wildman–Crippen MR) is 85.0 cm³/mol. The molecule has 1 heterocycles. The zero-order valence-corrected chi connectivity index (χ0v) is 13.3. The van der Waals surface area contributed by atoms with Gasteiger partial charge in [0.2, 0.25) is 5.95 Å². The first-order chi connectivity index (χ1) is 10.8. The molecule has 122 valence electrons. The summed E-state index contributed by atoms with van der Waals surface area (Å²) in [5.41, 5.74) is -0.387. The van der Waals surface area contributed by atoms with Gasteiger partial charge in [-0.1, -0.05) is 6.07 Å². The van der Waals surface area contributed by atoms with Crippen molar-refractivity contribution in [3.63, 3.8) is 0 Å². The molecule has 23 heavy (non-hydrogen) atoms. The van der Waals surface area contributed by atoms with Gasteiger partial charge in [-0.15, -0.1) is 0 Å². The Kier molecular flexibility index (Phi) is 4.73. The molecule has 0 unspecified atom stereocenters. The van der Waals surface area contributed by atoms with Gasteiger partial charge in [0.1, 0.15) is 22.9 Å². The first kappa shape index (κ1) is 16.6. The van der Waals surface area contributed by atoms with E-state index >= 15 is 0 Å². The molecule has 0 bridgehead atoms. The van der Waals surface area contributed by atoms with Crippen molar-refractivity contribution in [2.45, 2.75) is 0 Å². The Morgan fingerprint density at radius 3 is 2.22 bits per heavy atom. The maximum absolute atomic E-state index is 13.7. The van der Waals surface area contributed by atoms with Crippen LogP contribution in [0.25, 0.3) is 0 Å². The Hall–Kier alpha value is -2.77. The van der Waals surface area contributed by atoms with E-state index in [1.165, 1.54) is 12.3 Å². The van der Waals surface area contributed by atoms with E-state index < -0.39 is 23.1 Å². The van der Waals surface area contributed by atoms with Gasteiger partial charge in [-0.2, -0.15) is 4.98 Å². The van der Waals surface area contributed by atoms with Crippen LogP contribution >= 0.6 is 0 Å². The largest absolute Gasteiger partial charge is 0.361 e. The zero-order chi connectivity index (χ0) is 17.1. The highest BCUT2D eigenvalue weighted by atomic mass is 19.1. The van der Waals surface area contributed by atoms with Crippen LogP contribution < -0.4 is 15.1 Å². The molecule has 2 aromatic rings. The van der Waals surface area contributed by atoms with Gasteiger partial charge in [0.25, 0.3) is 5.91 Å². The van der Waals surface area contributed by atoms with Gasteiger partial charge in [-0.05, 0) is 12.1 Å². The number of nitrogens with zero attached hydrogens (tertiary/aromatic N) is 4. The second-order valence-electron chi connectivity index (χ2n) is 5.25. The molecule has 0 saturated carbocycles. The summed E-state index contributed by atoms with van der Waals surface area (Å²) in [5, 5.41) is 2.45. The molecule has 0 aliphatic carbocycles. The van der Waals surface area contributed by atoms with E-state index in [0.717, 1.165) is 12.1 Å². The maximum atomic E-state index is 13.7. The number of aromatic nitrogens is 2. The summed E-state index contributed by atoms with van der Waals surface area (Å²) in [7, 11) is 7.03. The number of anilines is 3. The van der Waals surface area contributed by atoms with Crippen molar-refractivity contribution in [1.82, 2.24) is 9.97 Å². The minimum atomic E-state index is -0.931. The van der Waals surface area contributed by atoms with E-state index in [2.05, 4.69) is 15.3 Å². The minimum Gasteiger partial charge on any atom is -0.361 e. The van der Waals surface area contributed by atoms with E-state index in [4.69, 9.17) is 0 Å². The number of rotatable bonds is 4. The molecule has 1 aromatic carbocycles. The summed E-state index contributed by atoms with van der Waals surface area (Å²) in [6, 6.07) is 3.24. The molecule has 0 aliphatic heterocycles. The Morgan fingerprint density at radius 1 is 1.09 bits per heavy atom. The Bertz CT molecular complexity index is 714. The molecule has 0 fully saturated rings. The number of carbonyl (C=O) groups is 1. The molecular formula is C15H17F2N5O. The Labute approximate surface area is 132 Å². The molecule has 0 spiro atoms. The number of hydrogen-bond donors (Lipinski definition) is 1. The molecular weight excluding hydrogens is 304 g/mol. The Balaban J connectivity index is 2.38. The zero-order valence-electron chi connectivity index (χ0n) is 13.3. The van der Waals surface area contributed by atoms with E-state index in [1.54, 1.807) is 38.0 Å². The molecule has 0 radical (unpaired) electrons. The number of carbonyl (C=O) groups excluding carboxylic acids is 1. The lowest BCUT2D eigenvalue weighted by Crippen LogP contribution is -2.22. The van der Waals surface area contributed by atoms with Crippen molar-refractivity contribution in [3.05, 3.63) is 41.6 Å². The quantitative estimate of drug-likeness (QED) is 0.935. The van der Waals surface area contributed by atoms with Crippen molar-refractivity contribution < 1.29 is 13.6 Å². The molecule has 1 aromatic heterocycles. The number of halogens is 2. The summed E-state index contributed by atoms with van der Waals surface area (Å²) >= 11 is 0. The molecule has 1 amide bonds. The lowest BCUT2D eigenvalue weighted by molar-refractivity contribution is 0.101. The van der Waals surface area contributed by atoms with Crippen LogP contribution in [-0.2, 0) is 0 Å². The standard InChI is InChI=1S/C15H17F2N5O/c1-21(2)13-11(8-18-15(20-13)22(3)4)19-14(23)12-9(16)6-5-7-10(12)17/h5-8H,1-4H3,(H,19,23). The number of benzene rings is 1. The van der Waals surface area contributed by atoms with Gasteiger partial charge < -0.3 is 15.1 Å². The summed E-state index contributed by atoms with van der Waals surface area (Å²) < 4.78 is 27.4. The first-order valence-electron chi connectivity index (χ1n) is 6.78. The molecule has 0 saturated heterocycles. The van der Waals surface area contributed by atoms with Crippen LogP contribution in [0.15, 0.2) is 24.4 Å². The SMILES string of the molecule is CN(C)c1ncc(NC(=O)c2c(F)cccc2F)c(N(C)C)n1. The van der Waals surface area contributed by atoms with Crippen LogP contribution in [0.4, 0.5) is 26.2 Å². The minimum absolute atomic E-state index is 0.258. The first-order valence-corrected chi connectivity index (χ1v) is 6.78. The van der Waals surface area contributed by atoms with E-state index in [1.807, 2.05) is 0 Å². The number of amides is 1. The lowest BCUT2D eigenvalue weighted by Gasteiger charge is -2.19. The predicted octanol–water partition coefficient (Wildman–Crippen LogP) is 2.14. The van der Waals surface area contributed by atoms with Crippen molar-refractivity contribution in [1.29, 1.82) is 0 Å². The molecule has 1 N–H and O–H groups in total. The molecule has 0 aliphatic rings. The van der Waals surface area contributed by atoms with Crippen LogP contribution in [0, 0.1) is 11.6 Å². The van der Waals surface area contributed by atoms with Crippen LogP contribution in [-0.4, -0.2) is 44.1 Å². The highest BCUT2D eigenvalue weighted by Crippen LogP contribution is 2.24. The van der Waals surface area contributed by atoms with Crippen molar-refractivity contribution >= 4 is 23.4 Å². The summed E-state index contributed by atoms with van der Waals surface area (Å²) in [6.45, 7) is 0. The molecule has 2 rings (SSSR count). The highest BCUT2D eigenvalue weighted by molar-refractivity contribution is 6.05. The molecule has 8 heteroatoms. The average Bonchev–Trinajstić information content (AvgIpc) is 2.46. The van der Waals surface area contributed by atoms with Crippen molar-refractivity contribution in [2.24, 2.45) is 0 Å². The lowest BCUT2D eigenvalue weighted by atomic mass is 10.2. The van der Waals surface area contributed by atoms with Crippen LogP contribution in [0.1, 0.15) is 10.4 Å². The fourth-order valence-corrected chi connectivity index (χ4v) is 1.91. The summed E-state index contributed by atoms with van der Waals surface area (Å²) in [4.78, 5) is 23.9. The van der Waals surface area contributed by atoms with Gasteiger partial charge in [-0.25, -0.2) is 13.8 Å². The second kappa shape index (κ2) is 6.55. The van der Waals surface area contributed by atoms with E-state index in [9.17, 15) is 13.6 Å². The van der Waals surface area contributed by atoms with E-state index in [-0.39, 0.29) is 5.69 Å². The topological polar surface area (TPSA) is 61.4 Å². The molecule has 0 atom stereocenters. The molecule has 6 nitrogen and oxygen atoms in total. The summed E-state index contributed by atoms with van der Waals surface area (Å²) in [5.74, 6) is -1.89. The van der Waals surface area contributed by atoms with Gasteiger partial charge >= 0.3 is 0 Å². The van der Waals surface area contributed by atoms with Gasteiger partial charge in [-0.3, -0.25) is 4.79 Å². The van der Waals surface area contributed by atoms with Gasteiger partial charge in [0.15, 0.2) is 5.82 Å². The third kappa shape index (κ3) is 3.53. The smallest absolute Gasteiger partial charge is 0.261 e. The third-order valence-corrected chi connectivity index (χ3v) is 3.02. The third-order valence-electron chi connectivity index (χ3n) is 3.02. The van der Waals surface area contributed by atoms with E-state index in [0.29, 0.717) is 11.8 Å². The fraction of sp³-hybridized carbons (Fsp3) is 0.267. The van der Waals surface area contributed by atoms with Crippen molar-refractivity contribution in [2.75, 3.05) is 43.3 Å². The van der Waals surface area contributed by atoms with Crippen molar-refractivity contribution in [3.8, 4) is 0 Å². The van der Waals surface area contributed by atoms with Crippen LogP contribution in [0.2, 0.25) is 0 Å². The monoisotopic (exact) mass is 321 g/mol. The van der Waals surface area contributed by atoms with Gasteiger partial charge in [0, 0.05) is 28.2 Å².